The van der Waals surface area contributed by atoms with Crippen molar-refractivity contribution in [2.45, 2.75) is 69.0 Å². The Kier molecular flexibility index (Phi) is 8.31. The first kappa shape index (κ1) is 28.5. The lowest BCUT2D eigenvalue weighted by Crippen LogP contribution is -2.43. The van der Waals surface area contributed by atoms with Gasteiger partial charge in [-0.1, -0.05) is 23.7 Å². The lowest BCUT2D eigenvalue weighted by Gasteiger charge is -2.26. The molecule has 0 spiro atoms. The number of nitrogens with zero attached hydrogens (tertiary/aromatic N) is 1. The van der Waals surface area contributed by atoms with Crippen LogP contribution in [-0.4, -0.2) is 17.5 Å². The van der Waals surface area contributed by atoms with E-state index in [0.717, 1.165) is 19.3 Å². The van der Waals surface area contributed by atoms with Gasteiger partial charge in [0.05, 0.1) is 16.7 Å². The molecule has 1 heterocycles. The van der Waals surface area contributed by atoms with Crippen molar-refractivity contribution in [2.24, 2.45) is 16.8 Å². The number of hydrogen-bond donors (Lipinski definition) is 2. The number of alkyl halides is 6. The molecule has 1 aliphatic carbocycles. The fraction of sp³-hybridized carbons (Fsp3) is 0.480. The summed E-state index contributed by atoms with van der Waals surface area (Å²) < 4.78 is 86.9. The second-order valence-corrected chi connectivity index (χ2v) is 9.66. The van der Waals surface area contributed by atoms with Gasteiger partial charge in [0.15, 0.2) is 0 Å². The fourth-order valence-electron chi connectivity index (χ4n) is 4.97. The molecule has 0 aromatic heterocycles. The minimum Gasteiger partial charge on any atom is -0.351 e. The predicted octanol–water partition coefficient (Wildman–Crippen LogP) is 6.31. The molecule has 1 saturated heterocycles. The van der Waals surface area contributed by atoms with E-state index in [9.17, 15) is 40.4 Å². The molecule has 0 radical (unpaired) electrons. The van der Waals surface area contributed by atoms with Crippen LogP contribution in [0.15, 0.2) is 47.6 Å². The summed E-state index contributed by atoms with van der Waals surface area (Å²) in [6, 6.07) is 7.86. The van der Waals surface area contributed by atoms with Gasteiger partial charge in [0.2, 0.25) is 5.91 Å². The Morgan fingerprint density at radius 1 is 1.00 bits per heavy atom. The van der Waals surface area contributed by atoms with Crippen LogP contribution in [0.5, 0.6) is 0 Å². The number of halogens is 7. The van der Waals surface area contributed by atoms with E-state index in [1.807, 2.05) is 12.1 Å². The van der Waals surface area contributed by atoms with Gasteiger partial charge in [-0.25, -0.2) is 4.39 Å². The summed E-state index contributed by atoms with van der Waals surface area (Å²) in [5, 5.41) is 5.33. The van der Waals surface area contributed by atoms with Crippen molar-refractivity contribution in [2.75, 3.05) is 0 Å². The Bertz CT molecular complexity index is 1080. The quantitative estimate of drug-likeness (QED) is 0.357. The highest BCUT2D eigenvalue weighted by Gasteiger charge is 2.46. The highest BCUT2D eigenvalue weighted by atomic mass is 19.4. The number of benzene rings is 2. The van der Waals surface area contributed by atoms with Gasteiger partial charge in [-0.05, 0) is 79.5 Å². The molecule has 1 amide bonds. The fourth-order valence-corrected chi connectivity index (χ4v) is 4.97. The van der Waals surface area contributed by atoms with Gasteiger partial charge in [0.25, 0.3) is 0 Å². The maximum atomic E-state index is 13.1. The number of carbonyl (C=O) groups excluding carboxylic acids is 1. The molecule has 4 atom stereocenters. The minimum atomic E-state index is -4.90. The lowest BCUT2D eigenvalue weighted by molar-refractivity contribution is -0.143. The van der Waals surface area contributed by atoms with Gasteiger partial charge in [-0.15, -0.1) is 0 Å². The third-order valence-corrected chi connectivity index (χ3v) is 6.76. The zero-order chi connectivity index (χ0) is 27.6. The first-order valence-electron chi connectivity index (χ1n) is 11.5. The Hall–Kier alpha value is -3.02. The summed E-state index contributed by atoms with van der Waals surface area (Å²) in [6.07, 6.45) is -5.76. The predicted molar refractivity (Wildman–Crippen MR) is 122 cm³/mol. The average Bonchev–Trinajstić information content (AvgIpc) is 3.38. The van der Waals surface area contributed by atoms with Crippen molar-refractivity contribution >= 4 is 5.91 Å². The molecule has 1 aliphatic heterocycles. The molecule has 2 aliphatic rings. The van der Waals surface area contributed by atoms with Crippen molar-refractivity contribution in [3.63, 3.8) is 0 Å². The van der Waals surface area contributed by atoms with Crippen molar-refractivity contribution in [1.29, 1.82) is 0 Å². The molecule has 1 saturated carbocycles. The second-order valence-electron chi connectivity index (χ2n) is 9.66. The molecular formula is C25H26F7N3O2. The van der Waals surface area contributed by atoms with Crippen LogP contribution in [-0.2, 0) is 23.7 Å². The van der Waals surface area contributed by atoms with Crippen molar-refractivity contribution in [3.8, 4) is 0 Å². The second kappa shape index (κ2) is 10.8. The van der Waals surface area contributed by atoms with Crippen LogP contribution in [0.1, 0.15) is 60.8 Å². The van der Waals surface area contributed by atoms with Crippen molar-refractivity contribution in [1.82, 2.24) is 5.32 Å². The van der Waals surface area contributed by atoms with Gasteiger partial charge in [-0.2, -0.15) is 31.2 Å². The van der Waals surface area contributed by atoms with Crippen LogP contribution >= 0.6 is 0 Å². The van der Waals surface area contributed by atoms with Crippen LogP contribution in [0.4, 0.5) is 30.7 Å². The third kappa shape index (κ3) is 7.06. The summed E-state index contributed by atoms with van der Waals surface area (Å²) in [5.41, 5.74) is 3.11. The first-order chi connectivity index (χ1) is 17.1. The zero-order valence-corrected chi connectivity index (χ0v) is 19.8. The van der Waals surface area contributed by atoms with Crippen LogP contribution in [0.3, 0.4) is 0 Å². The number of carbonyl (C=O) groups is 1. The highest BCUT2D eigenvalue weighted by molar-refractivity contribution is 5.88. The number of nitrogens with one attached hydrogen (secondary N) is 1. The minimum absolute atomic E-state index is 0.00565. The van der Waals surface area contributed by atoms with Crippen molar-refractivity contribution < 1.29 is 35.5 Å². The van der Waals surface area contributed by atoms with E-state index in [2.05, 4.69) is 10.5 Å². The smallest absolute Gasteiger partial charge is 0.351 e. The monoisotopic (exact) mass is 533 g/mol. The number of nitrogens with two attached hydrogens (primary N) is 1. The van der Waals surface area contributed by atoms with Crippen LogP contribution in [0, 0.1) is 16.6 Å². The molecule has 37 heavy (non-hydrogen) atoms. The van der Waals surface area contributed by atoms with E-state index in [1.165, 1.54) is 17.7 Å². The summed E-state index contributed by atoms with van der Waals surface area (Å²) >= 11 is 0. The molecule has 2 aromatic carbocycles. The SMILES string of the molecule is C[C@]1(N)C[C@H](C2CCCC2c2ccc(F)cc2)NC1=O.O=NCc1cc(C(F)(F)F)cc(C(F)(F)F)c1. The average molecular weight is 533 g/mol. The molecule has 5 nitrogen and oxygen atoms in total. The third-order valence-electron chi connectivity index (χ3n) is 6.76. The summed E-state index contributed by atoms with van der Waals surface area (Å²) in [5.74, 6) is 0.559. The highest BCUT2D eigenvalue weighted by Crippen LogP contribution is 2.44. The molecule has 4 rings (SSSR count). The van der Waals surface area contributed by atoms with Gasteiger partial charge >= 0.3 is 12.4 Å². The maximum absolute atomic E-state index is 13.1. The Morgan fingerprint density at radius 2 is 1.57 bits per heavy atom. The van der Waals surface area contributed by atoms with E-state index >= 15 is 0 Å². The number of nitroso groups, excluding NO2 is 1. The molecular weight excluding hydrogens is 507 g/mol. The van der Waals surface area contributed by atoms with Crippen LogP contribution in [0.25, 0.3) is 0 Å². The van der Waals surface area contributed by atoms with Gasteiger partial charge in [-0.3, -0.25) is 4.79 Å². The molecule has 2 fully saturated rings. The molecule has 12 heteroatoms. The Labute approximate surface area is 208 Å². The maximum Gasteiger partial charge on any atom is 0.416 e. The Morgan fingerprint density at radius 3 is 2.03 bits per heavy atom. The molecule has 2 unspecified atom stereocenters. The number of hydrogen-bond acceptors (Lipinski definition) is 4. The largest absolute Gasteiger partial charge is 0.416 e. The summed E-state index contributed by atoms with van der Waals surface area (Å²) in [6.45, 7) is 1.05. The Balaban J connectivity index is 0.000000209. The topological polar surface area (TPSA) is 84.5 Å². The number of amides is 1. The van der Waals surface area contributed by atoms with E-state index in [1.54, 1.807) is 6.92 Å². The van der Waals surface area contributed by atoms with E-state index in [0.29, 0.717) is 30.4 Å². The van der Waals surface area contributed by atoms with E-state index in [-0.39, 0.29) is 23.8 Å². The zero-order valence-electron chi connectivity index (χ0n) is 19.8. The molecule has 2 aromatic rings. The van der Waals surface area contributed by atoms with Crippen molar-refractivity contribution in [3.05, 3.63) is 75.4 Å². The summed E-state index contributed by atoms with van der Waals surface area (Å²) in [4.78, 5) is 21.7. The normalized spacial score (nSPS) is 25.9. The van der Waals surface area contributed by atoms with Gasteiger partial charge < -0.3 is 11.1 Å². The van der Waals surface area contributed by atoms with Crippen LogP contribution < -0.4 is 11.1 Å². The van der Waals surface area contributed by atoms with E-state index in [4.69, 9.17) is 5.73 Å². The molecule has 0 bridgehead atoms. The van der Waals surface area contributed by atoms with Gasteiger partial charge in [0.1, 0.15) is 12.4 Å². The van der Waals surface area contributed by atoms with Crippen LogP contribution in [0.2, 0.25) is 0 Å². The summed E-state index contributed by atoms with van der Waals surface area (Å²) in [7, 11) is 0. The first-order valence-corrected chi connectivity index (χ1v) is 11.5. The molecule has 3 N–H and O–H groups in total. The number of rotatable bonds is 4. The lowest BCUT2D eigenvalue weighted by atomic mass is 9.81. The standard InChI is InChI=1S/C16H21FN2O.C9H5F6NO/c1-16(18)9-14(19-15(16)20)13-4-2-3-12(13)10-5-7-11(17)8-6-10;10-8(11,12)6-1-5(4-16-17)2-7(3-6)9(13,14)15/h5-8,12-14H,2-4,9,18H2,1H3,(H,19,20);1-3H,4H2/t12?,13?,14-,16+;/m1./s1. The van der Waals surface area contributed by atoms with Gasteiger partial charge in [0, 0.05) is 6.04 Å². The molecule has 202 valence electrons. The van der Waals surface area contributed by atoms with E-state index < -0.39 is 41.1 Å².